The molecule has 0 heterocycles. The summed E-state index contributed by atoms with van der Waals surface area (Å²) in [6, 6.07) is 16.9. The number of hydrogen-bond donors (Lipinski definition) is 0. The van der Waals surface area contributed by atoms with Crippen molar-refractivity contribution in [1.29, 1.82) is 0 Å². The quantitative estimate of drug-likeness (QED) is 0.570. The van der Waals surface area contributed by atoms with E-state index in [1.165, 1.54) is 22.4 Å². The van der Waals surface area contributed by atoms with E-state index in [0.717, 1.165) is 0 Å². The number of benzene rings is 2. The van der Waals surface area contributed by atoms with E-state index in [4.69, 9.17) is 0 Å². The minimum atomic E-state index is -1.21. The molecule has 2 heteroatoms. The van der Waals surface area contributed by atoms with Crippen LogP contribution in [0.15, 0.2) is 48.2 Å². The van der Waals surface area contributed by atoms with E-state index >= 15 is 0 Å². The maximum absolute atomic E-state index is 2.61. The molecule has 0 amide bonds. The summed E-state index contributed by atoms with van der Waals surface area (Å²) in [5, 5.41) is 2.69. The second-order valence-electron chi connectivity index (χ2n) is 8.33. The molecule has 0 N–H and O–H groups in total. The third-order valence-corrected chi connectivity index (χ3v) is 6.10. The molecule has 0 aliphatic carbocycles. The van der Waals surface area contributed by atoms with Crippen LogP contribution in [0, 0.1) is 0 Å². The van der Waals surface area contributed by atoms with Crippen LogP contribution in [0.1, 0.15) is 5.56 Å². The van der Waals surface area contributed by atoms with Gasteiger partial charge < -0.3 is 0 Å². The zero-order chi connectivity index (χ0) is 15.7. The van der Waals surface area contributed by atoms with Crippen LogP contribution in [0.3, 0.4) is 0 Å². The van der Waals surface area contributed by atoms with Crippen LogP contribution in [0.5, 0.6) is 0 Å². The van der Waals surface area contributed by atoms with Gasteiger partial charge in [0.2, 0.25) is 0 Å². The molecule has 112 valence electrons. The minimum absolute atomic E-state index is 1.12. The molecule has 0 atom stereocenters. The Morgan fingerprint density at radius 2 is 1.48 bits per heavy atom. The van der Waals surface area contributed by atoms with E-state index in [-0.39, 0.29) is 0 Å². The van der Waals surface area contributed by atoms with E-state index < -0.39 is 16.1 Å². The zero-order valence-electron chi connectivity index (χ0n) is 14.3. The van der Waals surface area contributed by atoms with Gasteiger partial charge in [0.1, 0.15) is 0 Å². The third kappa shape index (κ3) is 4.97. The van der Waals surface area contributed by atoms with E-state index in [1.807, 2.05) is 0 Å². The van der Waals surface area contributed by atoms with Gasteiger partial charge in [-0.25, -0.2) is 0 Å². The SMILES string of the molecule is C[Si](C)(C)/C=C(\C[Si](C)(C)C)c1ccc2ccccc2c1. The fourth-order valence-corrected chi connectivity index (χ4v) is 5.69. The summed E-state index contributed by atoms with van der Waals surface area (Å²) in [4.78, 5) is 0. The molecule has 0 bridgehead atoms. The summed E-state index contributed by atoms with van der Waals surface area (Å²) in [6.45, 7) is 14.7. The molecule has 0 saturated carbocycles. The Hall–Kier alpha value is -1.13. The standard InChI is InChI=1S/C19H28Si2/c1-20(2,3)14-19(15-21(4,5)6)18-12-11-16-9-7-8-10-17(16)13-18/h7-14H,15H2,1-6H3/b19-14+. The van der Waals surface area contributed by atoms with Gasteiger partial charge in [-0.15, -0.1) is 0 Å². The predicted molar refractivity (Wildman–Crippen MR) is 103 cm³/mol. The first-order valence-electron chi connectivity index (χ1n) is 7.85. The van der Waals surface area contributed by atoms with Crippen molar-refractivity contribution in [3.63, 3.8) is 0 Å². The van der Waals surface area contributed by atoms with Gasteiger partial charge in [-0.1, -0.05) is 87.0 Å². The van der Waals surface area contributed by atoms with Crippen molar-refractivity contribution in [2.45, 2.75) is 45.3 Å². The summed E-state index contributed by atoms with van der Waals surface area (Å²) >= 11 is 0. The monoisotopic (exact) mass is 312 g/mol. The third-order valence-electron chi connectivity index (χ3n) is 3.45. The summed E-state index contributed by atoms with van der Waals surface area (Å²) in [5.41, 5.74) is 5.62. The van der Waals surface area contributed by atoms with E-state index in [0.29, 0.717) is 0 Å². The van der Waals surface area contributed by atoms with E-state index in [1.54, 1.807) is 5.57 Å². The van der Waals surface area contributed by atoms with Crippen molar-refractivity contribution in [3.8, 4) is 0 Å². The van der Waals surface area contributed by atoms with Crippen molar-refractivity contribution >= 4 is 32.5 Å². The highest BCUT2D eigenvalue weighted by molar-refractivity contribution is 6.83. The summed E-state index contributed by atoms with van der Waals surface area (Å²) in [5.74, 6) is 0. The van der Waals surface area contributed by atoms with Crippen molar-refractivity contribution in [3.05, 3.63) is 53.7 Å². The van der Waals surface area contributed by atoms with Crippen LogP contribution in [0.2, 0.25) is 45.3 Å². The molecular weight excluding hydrogens is 284 g/mol. The molecule has 0 nitrogen and oxygen atoms in total. The topological polar surface area (TPSA) is 0 Å². The highest BCUT2D eigenvalue weighted by Gasteiger charge is 2.19. The summed E-state index contributed by atoms with van der Waals surface area (Å²) in [6.07, 6.45) is 0. The van der Waals surface area contributed by atoms with Crippen molar-refractivity contribution in [2.75, 3.05) is 0 Å². The largest absolute Gasteiger partial charge is 0.0916 e. The van der Waals surface area contributed by atoms with Gasteiger partial charge >= 0.3 is 0 Å². The van der Waals surface area contributed by atoms with Crippen molar-refractivity contribution in [1.82, 2.24) is 0 Å². The van der Waals surface area contributed by atoms with Crippen molar-refractivity contribution in [2.24, 2.45) is 0 Å². The van der Waals surface area contributed by atoms with Gasteiger partial charge in [-0.05, 0) is 28.4 Å². The number of hydrogen-bond acceptors (Lipinski definition) is 0. The molecule has 2 aromatic carbocycles. The van der Waals surface area contributed by atoms with Crippen LogP contribution < -0.4 is 0 Å². The molecule has 0 fully saturated rings. The fourth-order valence-electron chi connectivity index (χ4n) is 2.72. The molecule has 0 saturated heterocycles. The first-order valence-corrected chi connectivity index (χ1v) is 15.1. The lowest BCUT2D eigenvalue weighted by molar-refractivity contribution is 1.49. The molecule has 2 aromatic rings. The van der Waals surface area contributed by atoms with E-state index in [9.17, 15) is 0 Å². The van der Waals surface area contributed by atoms with Gasteiger partial charge in [0.25, 0.3) is 0 Å². The van der Waals surface area contributed by atoms with Crippen LogP contribution in [0.4, 0.5) is 0 Å². The van der Waals surface area contributed by atoms with Crippen LogP contribution >= 0.6 is 0 Å². The predicted octanol–water partition coefficient (Wildman–Crippen LogP) is 6.44. The highest BCUT2D eigenvalue weighted by atomic mass is 28.3. The second kappa shape index (κ2) is 5.94. The first-order chi connectivity index (χ1) is 9.64. The average molecular weight is 313 g/mol. The van der Waals surface area contributed by atoms with Gasteiger partial charge in [-0.2, -0.15) is 0 Å². The highest BCUT2D eigenvalue weighted by Crippen LogP contribution is 2.29. The maximum atomic E-state index is 2.61. The Morgan fingerprint density at radius 3 is 2.05 bits per heavy atom. The van der Waals surface area contributed by atoms with Crippen LogP contribution in [-0.2, 0) is 0 Å². The second-order valence-corrected chi connectivity index (χ2v) is 18.8. The van der Waals surface area contributed by atoms with Crippen LogP contribution in [0.25, 0.3) is 16.3 Å². The lowest BCUT2D eigenvalue weighted by Crippen LogP contribution is -2.22. The molecule has 21 heavy (non-hydrogen) atoms. The maximum Gasteiger partial charge on any atom is 0.0690 e. The van der Waals surface area contributed by atoms with Gasteiger partial charge in [-0.3, -0.25) is 0 Å². The van der Waals surface area contributed by atoms with Crippen molar-refractivity contribution < 1.29 is 0 Å². The number of rotatable bonds is 4. The molecule has 0 unspecified atom stereocenters. The molecule has 0 aliphatic rings. The average Bonchev–Trinajstić information content (AvgIpc) is 2.34. The van der Waals surface area contributed by atoms with E-state index in [2.05, 4.69) is 87.4 Å². The smallest absolute Gasteiger partial charge is 0.0690 e. The Labute approximate surface area is 131 Å². The normalized spacial score (nSPS) is 13.7. The molecule has 0 radical (unpaired) electrons. The fraction of sp³-hybridized carbons (Fsp3) is 0.368. The Kier molecular flexibility index (Phi) is 4.59. The molecule has 0 aliphatic heterocycles. The number of allylic oxidation sites excluding steroid dienone is 1. The Morgan fingerprint density at radius 1 is 0.857 bits per heavy atom. The first kappa shape index (κ1) is 16.2. The zero-order valence-corrected chi connectivity index (χ0v) is 16.3. The lowest BCUT2D eigenvalue weighted by atomic mass is 10.0. The molecule has 2 rings (SSSR count). The summed E-state index contributed by atoms with van der Waals surface area (Å²) in [7, 11) is -2.33. The molecule has 0 aromatic heterocycles. The molecular formula is C19H28Si2. The Balaban J connectivity index is 2.50. The lowest BCUT2D eigenvalue weighted by Gasteiger charge is -2.22. The number of fused-ring (bicyclic) bond motifs is 1. The van der Waals surface area contributed by atoms with Gasteiger partial charge in [0.05, 0.1) is 8.07 Å². The van der Waals surface area contributed by atoms with Crippen LogP contribution in [-0.4, -0.2) is 16.1 Å². The minimum Gasteiger partial charge on any atom is -0.0916 e. The molecule has 0 spiro atoms. The summed E-state index contributed by atoms with van der Waals surface area (Å²) < 4.78 is 0. The van der Waals surface area contributed by atoms with Gasteiger partial charge in [0.15, 0.2) is 0 Å². The van der Waals surface area contributed by atoms with Gasteiger partial charge in [0, 0.05) is 8.07 Å². The Bertz CT molecular complexity index is 655.